The topological polar surface area (TPSA) is 98.2 Å². The van der Waals surface area contributed by atoms with Crippen molar-refractivity contribution in [3.63, 3.8) is 0 Å². The predicted molar refractivity (Wildman–Crippen MR) is 93.4 cm³/mol. The molecule has 0 saturated heterocycles. The number of hydrogen-bond donors (Lipinski definition) is 0. The summed E-state index contributed by atoms with van der Waals surface area (Å²) in [5.74, 6) is -0.840. The largest absolute Gasteiger partial charge is 0.497 e. The fourth-order valence-electron chi connectivity index (χ4n) is 2.21. The van der Waals surface area contributed by atoms with E-state index in [1.165, 1.54) is 6.07 Å². The monoisotopic (exact) mass is 354 g/mol. The van der Waals surface area contributed by atoms with Gasteiger partial charge in [-0.3, -0.25) is 4.79 Å². The molecule has 0 aliphatic rings. The fraction of sp³-hybridized carbons (Fsp3) is 0.211. The zero-order valence-electron chi connectivity index (χ0n) is 14.5. The smallest absolute Gasteiger partial charge is 0.446 e. The Balaban J connectivity index is 2.22. The maximum Gasteiger partial charge on any atom is 0.446 e. The number of rotatable bonds is 8. The highest BCUT2D eigenvalue weighted by atomic mass is 16.5. The van der Waals surface area contributed by atoms with Gasteiger partial charge in [-0.2, -0.15) is 4.79 Å². The van der Waals surface area contributed by atoms with Gasteiger partial charge in [-0.1, -0.05) is 24.3 Å². The molecular weight excluding hydrogens is 336 g/mol. The van der Waals surface area contributed by atoms with E-state index >= 15 is 0 Å². The van der Waals surface area contributed by atoms with Gasteiger partial charge in [0.1, 0.15) is 18.1 Å². The van der Waals surface area contributed by atoms with E-state index in [0.29, 0.717) is 5.75 Å². The normalized spacial score (nSPS) is 9.77. The summed E-state index contributed by atoms with van der Waals surface area (Å²) < 4.78 is 15.6. The summed E-state index contributed by atoms with van der Waals surface area (Å²) in [5, 5.41) is 0. The van der Waals surface area contributed by atoms with Crippen LogP contribution in [0.5, 0.6) is 11.5 Å². The van der Waals surface area contributed by atoms with Crippen molar-refractivity contribution in [1.82, 2.24) is 0 Å². The van der Waals surface area contributed by atoms with Gasteiger partial charge in [0.2, 0.25) is 0 Å². The average molecular weight is 354 g/mol. The van der Waals surface area contributed by atoms with Crippen molar-refractivity contribution in [2.24, 2.45) is 0 Å². The van der Waals surface area contributed by atoms with Crippen LogP contribution in [0, 0.1) is 0 Å². The van der Waals surface area contributed by atoms with Gasteiger partial charge in [-0.25, -0.2) is 4.79 Å². The first-order chi connectivity index (χ1) is 12.6. The first kappa shape index (κ1) is 18.9. The van der Waals surface area contributed by atoms with Crippen LogP contribution in [0.4, 0.5) is 0 Å². The molecular formula is C19H18N2O5. The quantitative estimate of drug-likeness (QED) is 0.181. The number of ketones is 1. The Kier molecular flexibility index (Phi) is 6.65. The first-order valence-electron chi connectivity index (χ1n) is 7.89. The molecule has 0 radical (unpaired) electrons. The molecule has 7 nitrogen and oxygen atoms in total. The van der Waals surface area contributed by atoms with Crippen LogP contribution in [0.15, 0.2) is 48.5 Å². The number of benzene rings is 2. The van der Waals surface area contributed by atoms with Crippen molar-refractivity contribution in [3.8, 4) is 11.5 Å². The van der Waals surface area contributed by atoms with Crippen LogP contribution in [0.3, 0.4) is 0 Å². The lowest BCUT2D eigenvalue weighted by Crippen LogP contribution is -2.28. The van der Waals surface area contributed by atoms with Gasteiger partial charge >= 0.3 is 11.7 Å². The molecule has 134 valence electrons. The highest BCUT2D eigenvalue weighted by Gasteiger charge is 2.33. The second-order valence-corrected chi connectivity index (χ2v) is 5.13. The molecule has 0 spiro atoms. The van der Waals surface area contributed by atoms with Gasteiger partial charge in [0.25, 0.3) is 5.78 Å². The van der Waals surface area contributed by atoms with Gasteiger partial charge in [0, 0.05) is 0 Å². The number of ether oxygens (including phenoxy) is 3. The van der Waals surface area contributed by atoms with Crippen LogP contribution in [0.2, 0.25) is 0 Å². The molecule has 0 saturated carbocycles. The third-order valence-electron chi connectivity index (χ3n) is 3.44. The zero-order valence-corrected chi connectivity index (χ0v) is 14.5. The van der Waals surface area contributed by atoms with E-state index in [1.54, 1.807) is 32.2 Å². The Morgan fingerprint density at radius 2 is 1.88 bits per heavy atom. The molecule has 0 aromatic heterocycles. The Bertz CT molecular complexity index is 857. The summed E-state index contributed by atoms with van der Waals surface area (Å²) in [5.41, 5.74) is 9.25. The summed E-state index contributed by atoms with van der Waals surface area (Å²) in [6.45, 7) is 1.83. The lowest BCUT2D eigenvalue weighted by atomic mass is 10.1. The van der Waals surface area contributed by atoms with Crippen LogP contribution < -0.4 is 9.47 Å². The van der Waals surface area contributed by atoms with Gasteiger partial charge < -0.3 is 19.7 Å². The summed E-state index contributed by atoms with van der Waals surface area (Å²) in [6, 6.07) is 13.7. The van der Waals surface area contributed by atoms with Crippen LogP contribution in [-0.2, 0) is 16.1 Å². The molecule has 0 atom stereocenters. The Morgan fingerprint density at radius 3 is 2.58 bits per heavy atom. The molecule has 0 bridgehead atoms. The zero-order chi connectivity index (χ0) is 18.9. The van der Waals surface area contributed by atoms with E-state index in [1.807, 2.05) is 24.3 Å². The molecule has 0 amide bonds. The van der Waals surface area contributed by atoms with E-state index in [4.69, 9.17) is 19.7 Å². The van der Waals surface area contributed by atoms with Crippen LogP contribution in [-0.4, -0.2) is 36.0 Å². The molecule has 0 N–H and O–H groups in total. The minimum absolute atomic E-state index is 0.0547. The Hall–Kier alpha value is -3.44. The number of carbonyl (C=O) groups excluding carboxylic acids is 2. The summed E-state index contributed by atoms with van der Waals surface area (Å²) >= 11 is 0. The number of carbonyl (C=O) groups is 2. The third kappa shape index (κ3) is 4.55. The molecule has 0 heterocycles. The standard InChI is InChI=1S/C19H18N2O5/c1-3-25-19(23)17(21-20)18(22)15-9-4-5-10-16(15)26-12-13-7-6-8-14(11-13)24-2/h4-11H,3,12H2,1-2H3. The van der Waals surface area contributed by atoms with Crippen molar-refractivity contribution in [1.29, 1.82) is 0 Å². The fourth-order valence-corrected chi connectivity index (χ4v) is 2.21. The number of nitrogens with zero attached hydrogens (tertiary/aromatic N) is 2. The van der Waals surface area contributed by atoms with Crippen molar-refractivity contribution in [2.75, 3.05) is 13.7 Å². The highest BCUT2D eigenvalue weighted by molar-refractivity contribution is 6.65. The van der Waals surface area contributed by atoms with Crippen molar-refractivity contribution >= 4 is 17.5 Å². The minimum atomic E-state index is -0.998. The highest BCUT2D eigenvalue weighted by Crippen LogP contribution is 2.21. The van der Waals surface area contributed by atoms with Crippen LogP contribution in [0.25, 0.3) is 5.53 Å². The van der Waals surface area contributed by atoms with E-state index in [2.05, 4.69) is 4.79 Å². The number of Topliss-reactive ketones (excluding diaryl/α,β-unsaturated/α-hetero) is 1. The SMILES string of the molecule is CCOC(=O)C(=[N+]=[N-])C(=O)c1ccccc1OCc1cccc(OC)c1. The average Bonchev–Trinajstić information content (AvgIpc) is 2.67. The molecule has 2 rings (SSSR count). The lowest BCUT2D eigenvalue weighted by Gasteiger charge is -2.10. The molecule has 0 unspecified atom stereocenters. The maximum absolute atomic E-state index is 12.5. The Morgan fingerprint density at radius 1 is 1.12 bits per heavy atom. The molecule has 7 heteroatoms. The van der Waals surface area contributed by atoms with Gasteiger partial charge in [0.05, 0.1) is 19.3 Å². The van der Waals surface area contributed by atoms with Gasteiger partial charge in [-0.05, 0) is 36.8 Å². The molecule has 26 heavy (non-hydrogen) atoms. The summed E-state index contributed by atoms with van der Waals surface area (Å²) in [6.07, 6.45) is 0. The number of para-hydroxylation sites is 1. The second-order valence-electron chi connectivity index (χ2n) is 5.13. The molecule has 0 aliphatic carbocycles. The maximum atomic E-state index is 12.5. The van der Waals surface area contributed by atoms with E-state index in [-0.39, 0.29) is 24.5 Å². The third-order valence-corrected chi connectivity index (χ3v) is 3.44. The summed E-state index contributed by atoms with van der Waals surface area (Å²) in [7, 11) is 1.57. The molecule has 0 aliphatic heterocycles. The molecule has 2 aromatic rings. The van der Waals surface area contributed by atoms with Crippen molar-refractivity contribution in [2.45, 2.75) is 13.5 Å². The van der Waals surface area contributed by atoms with Crippen molar-refractivity contribution in [3.05, 3.63) is 65.2 Å². The van der Waals surface area contributed by atoms with Crippen LogP contribution in [0.1, 0.15) is 22.8 Å². The molecule has 0 fully saturated rings. The van der Waals surface area contributed by atoms with E-state index in [0.717, 1.165) is 5.56 Å². The predicted octanol–water partition coefficient (Wildman–Crippen LogP) is 2.69. The Labute approximate surface area is 150 Å². The second kappa shape index (κ2) is 9.15. The number of esters is 1. The minimum Gasteiger partial charge on any atom is -0.497 e. The van der Waals surface area contributed by atoms with Gasteiger partial charge in [-0.15, -0.1) is 0 Å². The van der Waals surface area contributed by atoms with Crippen LogP contribution >= 0.6 is 0 Å². The summed E-state index contributed by atoms with van der Waals surface area (Å²) in [4.78, 5) is 27.1. The van der Waals surface area contributed by atoms with E-state index in [9.17, 15) is 9.59 Å². The lowest BCUT2D eigenvalue weighted by molar-refractivity contribution is -0.139. The molecule has 2 aromatic carbocycles. The number of hydrogen-bond acceptors (Lipinski definition) is 5. The van der Waals surface area contributed by atoms with Crippen molar-refractivity contribution < 1.29 is 28.6 Å². The first-order valence-corrected chi connectivity index (χ1v) is 7.89. The van der Waals surface area contributed by atoms with Gasteiger partial charge in [0.15, 0.2) is 0 Å². The van der Waals surface area contributed by atoms with E-state index < -0.39 is 17.5 Å². The number of methoxy groups -OCH3 is 1.